The minimum atomic E-state index is -2.99. The van der Waals surface area contributed by atoms with Crippen LogP contribution in [0.3, 0.4) is 0 Å². The van der Waals surface area contributed by atoms with Crippen molar-refractivity contribution in [3.63, 3.8) is 0 Å². The van der Waals surface area contributed by atoms with Gasteiger partial charge in [0.25, 0.3) is 5.91 Å². The number of carbonyl (C=O) groups excluding carboxylic acids is 1. The van der Waals surface area contributed by atoms with Crippen molar-refractivity contribution >= 4 is 50.8 Å². The first kappa shape index (κ1) is 27.7. The molecule has 202 valence electrons. The van der Waals surface area contributed by atoms with Gasteiger partial charge in [-0.25, -0.2) is 9.97 Å². The number of thiazole rings is 2. The molecule has 0 aliphatic carbocycles. The van der Waals surface area contributed by atoms with E-state index in [0.717, 1.165) is 5.69 Å². The fraction of sp³-hybridized carbons (Fsp3) is 0.370. The van der Waals surface area contributed by atoms with Crippen LogP contribution in [0, 0.1) is 5.41 Å². The number of amides is 1. The number of para-hydroxylation sites is 1. The zero-order valence-corrected chi connectivity index (χ0v) is 23.7. The van der Waals surface area contributed by atoms with Gasteiger partial charge in [0.15, 0.2) is 21.6 Å². The lowest BCUT2D eigenvalue weighted by atomic mass is 9.93. The Kier molecular flexibility index (Phi) is 7.89. The van der Waals surface area contributed by atoms with E-state index in [1.165, 1.54) is 28.7 Å². The number of aromatic nitrogens is 3. The van der Waals surface area contributed by atoms with E-state index in [0.29, 0.717) is 27.0 Å². The molecule has 0 spiro atoms. The maximum Gasteiger partial charge on any atom is 0.387 e. The van der Waals surface area contributed by atoms with Gasteiger partial charge in [-0.05, 0) is 23.6 Å². The summed E-state index contributed by atoms with van der Waals surface area (Å²) >= 11 is 2.76. The van der Waals surface area contributed by atoms with E-state index in [1.54, 1.807) is 34.9 Å². The first-order chi connectivity index (χ1) is 17.8. The van der Waals surface area contributed by atoms with E-state index in [9.17, 15) is 13.6 Å². The average molecular weight is 561 g/mol. The molecule has 0 saturated heterocycles. The van der Waals surface area contributed by atoms with Crippen molar-refractivity contribution in [2.45, 2.75) is 53.6 Å². The number of carbonyl (C=O) groups is 1. The van der Waals surface area contributed by atoms with Crippen LogP contribution in [-0.2, 0) is 5.41 Å². The molecule has 3 heterocycles. The van der Waals surface area contributed by atoms with E-state index in [2.05, 4.69) is 36.1 Å². The van der Waals surface area contributed by atoms with Crippen LogP contribution in [0.1, 0.15) is 69.0 Å². The fourth-order valence-corrected chi connectivity index (χ4v) is 5.09. The summed E-state index contributed by atoms with van der Waals surface area (Å²) in [5.41, 5.74) is 1.82. The Labute approximate surface area is 228 Å². The fourth-order valence-electron chi connectivity index (χ4n) is 3.44. The second-order valence-corrected chi connectivity index (χ2v) is 12.6. The summed E-state index contributed by atoms with van der Waals surface area (Å²) in [6, 6.07) is 4.78. The number of fused-ring (bicyclic) bond motifs is 1. The summed E-state index contributed by atoms with van der Waals surface area (Å²) in [7, 11) is 0. The molecule has 1 amide bonds. The minimum absolute atomic E-state index is 0.0615. The highest BCUT2D eigenvalue weighted by Gasteiger charge is 2.23. The van der Waals surface area contributed by atoms with Gasteiger partial charge in [-0.3, -0.25) is 14.5 Å². The molecule has 4 rings (SSSR count). The monoisotopic (exact) mass is 560 g/mol. The molecule has 11 heteroatoms. The minimum Gasteiger partial charge on any atom is -0.489 e. The number of imidazole rings is 1. The van der Waals surface area contributed by atoms with Crippen molar-refractivity contribution in [2.24, 2.45) is 5.41 Å². The van der Waals surface area contributed by atoms with Crippen LogP contribution in [0.2, 0.25) is 0 Å². The predicted octanol–water partition coefficient (Wildman–Crippen LogP) is 7.60. The Bertz CT molecular complexity index is 1460. The lowest BCUT2D eigenvalue weighted by Gasteiger charge is -2.21. The molecule has 4 aromatic rings. The number of alkyl halides is 2. The molecule has 0 saturated carbocycles. The van der Waals surface area contributed by atoms with Gasteiger partial charge in [-0.2, -0.15) is 8.78 Å². The number of hydrogen-bond acceptors (Lipinski definition) is 7. The highest BCUT2D eigenvalue weighted by molar-refractivity contribution is 7.15. The summed E-state index contributed by atoms with van der Waals surface area (Å²) in [5.74, 6) is -0.221. The molecule has 0 radical (unpaired) electrons. The van der Waals surface area contributed by atoms with Gasteiger partial charge in [-0.15, -0.1) is 22.7 Å². The summed E-state index contributed by atoms with van der Waals surface area (Å²) in [4.78, 5) is 23.2. The molecule has 0 atom stereocenters. The number of hydrogen-bond donors (Lipinski definition) is 1. The zero-order valence-electron chi connectivity index (χ0n) is 22.0. The third-order valence-corrected chi connectivity index (χ3v) is 6.81. The van der Waals surface area contributed by atoms with Crippen LogP contribution in [0.4, 0.5) is 13.9 Å². The standard InChI is InChI=1S/C27H30F2N4O3S2/c1-26(2,3)15-35-21-16(8-7-9-18(21)36-23(28)29)10-11-17-20(33-12-13-37-25(33)30-17)22(34)32-24-31-19(14-38-24)27(4,5)6/h7-14,23H,15H2,1-6H3,(H,31,32,34). The maximum absolute atomic E-state index is 13.4. The van der Waals surface area contributed by atoms with Crippen molar-refractivity contribution in [2.75, 3.05) is 11.9 Å². The van der Waals surface area contributed by atoms with E-state index in [1.807, 2.05) is 31.5 Å². The second kappa shape index (κ2) is 10.8. The highest BCUT2D eigenvalue weighted by atomic mass is 32.1. The number of rotatable bonds is 8. The Morgan fingerprint density at radius 2 is 1.89 bits per heavy atom. The Balaban J connectivity index is 1.68. The van der Waals surface area contributed by atoms with E-state index < -0.39 is 6.61 Å². The average Bonchev–Trinajstić information content (AvgIpc) is 3.51. The maximum atomic E-state index is 13.4. The molecule has 38 heavy (non-hydrogen) atoms. The molecular weight excluding hydrogens is 530 g/mol. The number of anilines is 1. The zero-order chi connectivity index (χ0) is 27.7. The third-order valence-electron chi connectivity index (χ3n) is 5.29. The molecular formula is C27H30F2N4O3S2. The summed E-state index contributed by atoms with van der Waals surface area (Å²) in [5, 5.41) is 7.16. The van der Waals surface area contributed by atoms with Crippen molar-refractivity contribution in [3.05, 3.63) is 57.8 Å². The number of benzene rings is 1. The molecule has 3 aromatic heterocycles. The van der Waals surface area contributed by atoms with Gasteiger partial charge in [0.1, 0.15) is 5.69 Å². The van der Waals surface area contributed by atoms with Gasteiger partial charge in [-0.1, -0.05) is 53.7 Å². The number of nitrogens with zero attached hydrogens (tertiary/aromatic N) is 3. The SMILES string of the molecule is CC(C)(C)COc1c(C=Cc2nc3sccn3c2C(=O)Nc2nc(C(C)(C)C)cs2)cccc1OC(F)F. The Morgan fingerprint density at radius 3 is 2.55 bits per heavy atom. The molecule has 7 nitrogen and oxygen atoms in total. The predicted molar refractivity (Wildman–Crippen MR) is 149 cm³/mol. The van der Waals surface area contributed by atoms with Gasteiger partial charge in [0.2, 0.25) is 0 Å². The topological polar surface area (TPSA) is 77.8 Å². The summed E-state index contributed by atoms with van der Waals surface area (Å²) < 4.78 is 38.5. The van der Waals surface area contributed by atoms with E-state index in [4.69, 9.17) is 9.47 Å². The van der Waals surface area contributed by atoms with Gasteiger partial charge in [0, 0.05) is 27.9 Å². The third kappa shape index (κ3) is 6.57. The highest BCUT2D eigenvalue weighted by Crippen LogP contribution is 2.35. The molecule has 0 fully saturated rings. The largest absolute Gasteiger partial charge is 0.489 e. The molecule has 0 aliphatic heterocycles. The van der Waals surface area contributed by atoms with Crippen molar-refractivity contribution in [3.8, 4) is 11.5 Å². The molecule has 1 aromatic carbocycles. The summed E-state index contributed by atoms with van der Waals surface area (Å²) in [6.45, 7) is 9.41. The van der Waals surface area contributed by atoms with Gasteiger partial charge < -0.3 is 9.47 Å². The van der Waals surface area contributed by atoms with Crippen molar-refractivity contribution < 1.29 is 23.0 Å². The Hall–Kier alpha value is -3.31. The van der Waals surface area contributed by atoms with Crippen LogP contribution in [-0.4, -0.2) is 33.5 Å². The first-order valence-corrected chi connectivity index (χ1v) is 13.7. The first-order valence-electron chi connectivity index (χ1n) is 11.9. The quantitative estimate of drug-likeness (QED) is 0.240. The lowest BCUT2D eigenvalue weighted by Crippen LogP contribution is -2.18. The van der Waals surface area contributed by atoms with Crippen LogP contribution >= 0.6 is 22.7 Å². The van der Waals surface area contributed by atoms with E-state index in [-0.39, 0.29) is 34.8 Å². The normalized spacial score (nSPS) is 12.6. The smallest absolute Gasteiger partial charge is 0.387 e. The van der Waals surface area contributed by atoms with Crippen LogP contribution in [0.25, 0.3) is 17.1 Å². The van der Waals surface area contributed by atoms with E-state index >= 15 is 0 Å². The number of halogens is 2. The van der Waals surface area contributed by atoms with Gasteiger partial charge >= 0.3 is 6.61 Å². The van der Waals surface area contributed by atoms with Crippen molar-refractivity contribution in [1.82, 2.24) is 14.4 Å². The van der Waals surface area contributed by atoms with Gasteiger partial charge in [0.05, 0.1) is 18.0 Å². The number of ether oxygens (including phenoxy) is 2. The molecule has 0 unspecified atom stereocenters. The molecule has 0 aliphatic rings. The van der Waals surface area contributed by atoms with Crippen LogP contribution in [0.5, 0.6) is 11.5 Å². The molecule has 0 bridgehead atoms. The number of nitrogens with one attached hydrogen (secondary N) is 1. The van der Waals surface area contributed by atoms with Crippen LogP contribution < -0.4 is 14.8 Å². The molecule has 1 N–H and O–H groups in total. The second-order valence-electron chi connectivity index (χ2n) is 10.9. The van der Waals surface area contributed by atoms with Crippen molar-refractivity contribution in [1.29, 1.82) is 0 Å². The van der Waals surface area contributed by atoms with Crippen LogP contribution in [0.15, 0.2) is 35.2 Å². The summed E-state index contributed by atoms with van der Waals surface area (Å²) in [6.07, 6.45) is 5.12. The lowest BCUT2D eigenvalue weighted by molar-refractivity contribution is -0.0517. The Morgan fingerprint density at radius 1 is 1.13 bits per heavy atom.